The van der Waals surface area contributed by atoms with Crippen LogP contribution in [-0.4, -0.2) is 47.7 Å². The summed E-state index contributed by atoms with van der Waals surface area (Å²) in [7, 11) is 1.55. The molecule has 1 fully saturated rings. The van der Waals surface area contributed by atoms with Gasteiger partial charge in [-0.1, -0.05) is 12.1 Å². The van der Waals surface area contributed by atoms with Gasteiger partial charge in [0, 0.05) is 31.3 Å². The van der Waals surface area contributed by atoms with E-state index in [9.17, 15) is 4.39 Å². The number of pyridine rings is 1. The maximum atomic E-state index is 14.4. The molecule has 4 heterocycles. The van der Waals surface area contributed by atoms with Crippen LogP contribution in [0, 0.1) is 18.7 Å². The Morgan fingerprint density at radius 3 is 2.78 bits per heavy atom. The van der Waals surface area contributed by atoms with Gasteiger partial charge in [0.15, 0.2) is 5.84 Å². The zero-order chi connectivity index (χ0) is 25.1. The van der Waals surface area contributed by atoms with Crippen molar-refractivity contribution in [2.75, 3.05) is 32.7 Å². The maximum absolute atomic E-state index is 14.4. The predicted molar refractivity (Wildman–Crippen MR) is 133 cm³/mol. The van der Waals surface area contributed by atoms with Crippen LogP contribution in [0.1, 0.15) is 41.4 Å². The molecule has 1 saturated heterocycles. The van der Waals surface area contributed by atoms with Crippen LogP contribution in [0.25, 0.3) is 11.3 Å². The number of nitrogens with two attached hydrogens (primary N) is 1. The third kappa shape index (κ3) is 5.14. The zero-order valence-corrected chi connectivity index (χ0v) is 20.3. The van der Waals surface area contributed by atoms with E-state index < -0.39 is 0 Å². The number of aromatic nitrogens is 3. The molecule has 1 atom stereocenters. The quantitative estimate of drug-likeness (QED) is 0.502. The molecule has 9 nitrogen and oxygen atoms in total. The van der Waals surface area contributed by atoms with Gasteiger partial charge in [-0.05, 0) is 49.4 Å². The Bertz CT molecular complexity index is 1280. The monoisotopic (exact) mass is 492 g/mol. The third-order valence-electron chi connectivity index (χ3n) is 6.50. The van der Waals surface area contributed by atoms with Crippen LogP contribution in [0.4, 0.5) is 10.3 Å². The Balaban J connectivity index is 1.50. The molecule has 2 aliphatic rings. The van der Waals surface area contributed by atoms with E-state index in [4.69, 9.17) is 25.0 Å². The fourth-order valence-corrected chi connectivity index (χ4v) is 4.68. The van der Waals surface area contributed by atoms with Crippen molar-refractivity contribution in [2.24, 2.45) is 10.9 Å². The molecule has 0 radical (unpaired) electrons. The molecule has 5 rings (SSSR count). The number of aliphatic imine (C=N–C) groups is 1. The van der Waals surface area contributed by atoms with Gasteiger partial charge in [0.2, 0.25) is 11.8 Å². The van der Waals surface area contributed by atoms with Crippen LogP contribution < -0.4 is 16.0 Å². The Morgan fingerprint density at radius 2 is 1.97 bits per heavy atom. The molecule has 2 aromatic heterocycles. The Morgan fingerprint density at radius 1 is 1.14 bits per heavy atom. The van der Waals surface area contributed by atoms with Gasteiger partial charge >= 0.3 is 0 Å². The number of hydroxylamine groups is 1. The topological polar surface area (TPSA) is 117 Å². The molecular formula is C26H29FN6O3. The van der Waals surface area contributed by atoms with Gasteiger partial charge in [0.25, 0.3) is 0 Å². The van der Waals surface area contributed by atoms with Crippen molar-refractivity contribution in [3.8, 4) is 17.1 Å². The summed E-state index contributed by atoms with van der Waals surface area (Å²) < 4.78 is 25.1. The number of rotatable bonds is 6. The molecule has 36 heavy (non-hydrogen) atoms. The molecule has 0 aliphatic carbocycles. The Kier molecular flexibility index (Phi) is 7.06. The molecule has 3 N–H and O–H groups in total. The van der Waals surface area contributed by atoms with Crippen LogP contribution in [-0.2, 0) is 16.0 Å². The van der Waals surface area contributed by atoms with Gasteiger partial charge in [0.1, 0.15) is 5.82 Å². The fraction of sp³-hybridized carbons (Fsp3) is 0.385. The highest BCUT2D eigenvalue weighted by Crippen LogP contribution is 2.36. The summed E-state index contributed by atoms with van der Waals surface area (Å²) in [5, 5.41) is 0. The van der Waals surface area contributed by atoms with Crippen LogP contribution >= 0.6 is 0 Å². The number of fused-ring (bicyclic) bond motifs is 1. The number of halogens is 1. The Hall–Kier alpha value is -3.63. The van der Waals surface area contributed by atoms with Crippen molar-refractivity contribution >= 4 is 11.8 Å². The lowest BCUT2D eigenvalue weighted by molar-refractivity contribution is 0.00177. The molecule has 0 amide bonds. The molecule has 0 spiro atoms. The van der Waals surface area contributed by atoms with Crippen LogP contribution in [0.2, 0.25) is 0 Å². The summed E-state index contributed by atoms with van der Waals surface area (Å²) in [6.45, 7) is 3.90. The molecule has 0 bridgehead atoms. The molecule has 188 valence electrons. The van der Waals surface area contributed by atoms with E-state index in [1.807, 2.05) is 19.1 Å². The minimum absolute atomic E-state index is 0.197. The smallest absolute Gasteiger partial charge is 0.220 e. The molecule has 0 unspecified atom stereocenters. The molecule has 2 aliphatic heterocycles. The number of nitrogen functional groups attached to an aromatic ring is 1. The van der Waals surface area contributed by atoms with Crippen LogP contribution in [0.5, 0.6) is 5.88 Å². The number of anilines is 1. The number of ether oxygens (including phenoxy) is 2. The minimum atomic E-state index is -0.371. The predicted octanol–water partition coefficient (Wildman–Crippen LogP) is 3.57. The lowest BCUT2D eigenvalue weighted by atomic mass is 9.91. The van der Waals surface area contributed by atoms with Crippen LogP contribution in [0.3, 0.4) is 0 Å². The second-order valence-electron chi connectivity index (χ2n) is 8.95. The molecule has 0 saturated carbocycles. The largest absolute Gasteiger partial charge is 0.481 e. The highest BCUT2D eigenvalue weighted by Gasteiger charge is 2.29. The van der Waals surface area contributed by atoms with E-state index >= 15 is 0 Å². The van der Waals surface area contributed by atoms with Gasteiger partial charge in [0.05, 0.1) is 42.4 Å². The van der Waals surface area contributed by atoms with E-state index in [0.29, 0.717) is 47.6 Å². The zero-order valence-electron chi connectivity index (χ0n) is 20.3. The summed E-state index contributed by atoms with van der Waals surface area (Å²) in [5.41, 5.74) is 13.3. The van der Waals surface area contributed by atoms with E-state index in [1.165, 1.54) is 12.1 Å². The number of nitrogens with one attached hydrogen (secondary N) is 1. The second-order valence-corrected chi connectivity index (χ2v) is 8.95. The molecule has 3 aromatic rings. The van der Waals surface area contributed by atoms with E-state index in [1.54, 1.807) is 19.2 Å². The van der Waals surface area contributed by atoms with Gasteiger partial charge < -0.3 is 15.2 Å². The van der Waals surface area contributed by atoms with Gasteiger partial charge in [-0.25, -0.2) is 24.8 Å². The number of hydrogen-bond acceptors (Lipinski definition) is 9. The average molecular weight is 493 g/mol. The number of hydrogen-bond donors (Lipinski definition) is 2. The number of nitrogens with zero attached hydrogens (tertiary/aromatic N) is 4. The van der Waals surface area contributed by atoms with Crippen molar-refractivity contribution in [3.63, 3.8) is 0 Å². The summed E-state index contributed by atoms with van der Waals surface area (Å²) >= 11 is 0. The third-order valence-corrected chi connectivity index (χ3v) is 6.50. The fourth-order valence-electron chi connectivity index (χ4n) is 4.68. The van der Waals surface area contributed by atoms with Crippen molar-refractivity contribution in [1.82, 2.24) is 20.4 Å². The average Bonchev–Trinajstić information content (AvgIpc) is 2.88. The number of methoxy groups -OCH3 is 1. The number of amidine groups is 1. The second kappa shape index (κ2) is 10.5. The first-order valence-electron chi connectivity index (χ1n) is 12.0. The number of aryl methyl sites for hydroxylation is 1. The summed E-state index contributed by atoms with van der Waals surface area (Å²) in [4.78, 5) is 24.2. The van der Waals surface area contributed by atoms with Crippen LogP contribution in [0.15, 0.2) is 41.4 Å². The summed E-state index contributed by atoms with van der Waals surface area (Å²) in [5.74, 6) is 1.22. The molecular weight excluding hydrogens is 463 g/mol. The highest BCUT2D eigenvalue weighted by atomic mass is 19.1. The van der Waals surface area contributed by atoms with E-state index in [-0.39, 0.29) is 17.8 Å². The first-order valence-corrected chi connectivity index (χ1v) is 12.0. The maximum Gasteiger partial charge on any atom is 0.220 e. The van der Waals surface area contributed by atoms with Gasteiger partial charge in [-0.15, -0.1) is 0 Å². The van der Waals surface area contributed by atoms with E-state index in [2.05, 4.69) is 20.4 Å². The van der Waals surface area contributed by atoms with Gasteiger partial charge in [-0.3, -0.25) is 9.83 Å². The van der Waals surface area contributed by atoms with Crippen molar-refractivity contribution in [1.29, 1.82) is 0 Å². The first-order chi connectivity index (χ1) is 17.5. The first kappa shape index (κ1) is 24.1. The lowest BCUT2D eigenvalue weighted by Gasteiger charge is -2.27. The highest BCUT2D eigenvalue weighted by molar-refractivity contribution is 6.01. The van der Waals surface area contributed by atoms with Gasteiger partial charge in [-0.2, -0.15) is 0 Å². The van der Waals surface area contributed by atoms with Crippen molar-refractivity contribution in [2.45, 2.75) is 32.2 Å². The SMILES string of the molecule is COc1cccc(-c2cc(F)ccc2[C@H]2Cc3nc(N)nc(C)c3C(NOCC3CCOCC3)=N2)n1. The summed E-state index contributed by atoms with van der Waals surface area (Å²) in [6.07, 6.45) is 2.38. The standard InChI is InChI=1S/C26H29FN6O3/c1-15-24-22(32-26(28)29-15)13-21(31-25(24)33-36-14-16-8-10-35-11-9-16)18-7-6-17(27)12-19(18)20-4-3-5-23(30-20)34-2/h3-7,12,16,21H,8-11,13-14H2,1-2H3,(H,31,33)(H2,28,29,32)/t21-/m1/s1. The van der Waals surface area contributed by atoms with E-state index in [0.717, 1.165) is 42.9 Å². The number of benzene rings is 1. The normalized spacial score (nSPS) is 17.9. The minimum Gasteiger partial charge on any atom is -0.481 e. The van der Waals surface area contributed by atoms with Crippen molar-refractivity contribution < 1.29 is 18.7 Å². The van der Waals surface area contributed by atoms with Crippen molar-refractivity contribution in [3.05, 3.63) is 64.7 Å². The lowest BCUT2D eigenvalue weighted by Crippen LogP contribution is -2.34. The summed E-state index contributed by atoms with van der Waals surface area (Å²) in [6, 6.07) is 9.66. The Labute approximate surface area is 208 Å². The molecule has 10 heteroatoms. The molecule has 1 aromatic carbocycles.